The van der Waals surface area contributed by atoms with Gasteiger partial charge in [-0.2, -0.15) is 0 Å². The first-order chi connectivity index (χ1) is 11.2. The van der Waals surface area contributed by atoms with E-state index in [0.717, 1.165) is 24.3 Å². The number of amides is 1. The number of carbonyl (C=O) groups excluding carboxylic acids is 1. The summed E-state index contributed by atoms with van der Waals surface area (Å²) in [4.78, 5) is 12.2. The first kappa shape index (κ1) is 15.0. The zero-order chi connectivity index (χ0) is 15.9. The lowest BCUT2D eigenvalue weighted by Gasteiger charge is -2.59. The number of hydrogen-bond donors (Lipinski definition) is 1. The van der Waals surface area contributed by atoms with Crippen LogP contribution in [0.5, 0.6) is 0 Å². The molecule has 2 atom stereocenters. The summed E-state index contributed by atoms with van der Waals surface area (Å²) in [6.45, 7) is 0.333. The van der Waals surface area contributed by atoms with Gasteiger partial charge in [0.25, 0.3) is 0 Å². The Balaban J connectivity index is 1.35. The molecule has 4 saturated carbocycles. The summed E-state index contributed by atoms with van der Waals surface area (Å²) in [5, 5.41) is 3.16. The van der Waals surface area contributed by atoms with Crippen LogP contribution in [-0.2, 0) is 16.1 Å². The number of alkyl carbamates (subject to hydrolysis) is 1. The van der Waals surface area contributed by atoms with E-state index in [1.54, 1.807) is 0 Å². The van der Waals surface area contributed by atoms with Gasteiger partial charge in [0, 0.05) is 13.2 Å². The Labute approximate surface area is 137 Å². The monoisotopic (exact) mass is 315 g/mol. The molecule has 4 aliphatic rings. The van der Waals surface area contributed by atoms with Crippen LogP contribution in [-0.4, -0.2) is 24.8 Å². The third-order valence-corrected chi connectivity index (χ3v) is 6.15. The van der Waals surface area contributed by atoms with Crippen molar-refractivity contribution in [2.75, 3.05) is 7.11 Å². The van der Waals surface area contributed by atoms with Crippen LogP contribution in [0.2, 0.25) is 0 Å². The third-order valence-electron chi connectivity index (χ3n) is 6.15. The number of hydrogen-bond acceptors (Lipinski definition) is 3. The smallest absolute Gasteiger partial charge is 0.407 e. The molecular formula is C19H25NO3. The SMILES string of the molecule is COC12CC3CC(C1)C(NC(=O)OCc1ccccc1)C(C3)C2. The van der Waals surface area contributed by atoms with Crippen LogP contribution in [0.1, 0.15) is 37.7 Å². The number of carbonyl (C=O) groups is 1. The Kier molecular flexibility index (Phi) is 3.80. The Morgan fingerprint density at radius 1 is 1.17 bits per heavy atom. The average molecular weight is 315 g/mol. The summed E-state index contributed by atoms with van der Waals surface area (Å²) in [7, 11) is 1.85. The molecule has 1 amide bonds. The molecule has 4 nitrogen and oxygen atoms in total. The highest BCUT2D eigenvalue weighted by atomic mass is 16.5. The Hall–Kier alpha value is -1.55. The molecule has 1 N–H and O–H groups in total. The van der Waals surface area contributed by atoms with E-state index in [9.17, 15) is 4.79 Å². The molecule has 23 heavy (non-hydrogen) atoms. The highest BCUT2D eigenvalue weighted by molar-refractivity contribution is 5.67. The van der Waals surface area contributed by atoms with E-state index in [4.69, 9.17) is 9.47 Å². The lowest BCUT2D eigenvalue weighted by atomic mass is 9.52. The van der Waals surface area contributed by atoms with Crippen molar-refractivity contribution in [1.29, 1.82) is 0 Å². The van der Waals surface area contributed by atoms with Crippen molar-refractivity contribution in [2.24, 2.45) is 17.8 Å². The van der Waals surface area contributed by atoms with Gasteiger partial charge >= 0.3 is 6.09 Å². The molecule has 4 aliphatic carbocycles. The van der Waals surface area contributed by atoms with Gasteiger partial charge in [0.2, 0.25) is 0 Å². The fourth-order valence-corrected chi connectivity index (χ4v) is 5.34. The quantitative estimate of drug-likeness (QED) is 0.925. The maximum Gasteiger partial charge on any atom is 0.407 e. The Morgan fingerprint density at radius 3 is 2.52 bits per heavy atom. The van der Waals surface area contributed by atoms with E-state index in [-0.39, 0.29) is 17.7 Å². The van der Waals surface area contributed by atoms with Crippen LogP contribution in [0.3, 0.4) is 0 Å². The number of rotatable bonds is 4. The van der Waals surface area contributed by atoms with Crippen molar-refractivity contribution in [3.8, 4) is 0 Å². The standard InChI is InChI=1S/C19H25NO3/c1-22-19-9-14-7-15(10-19)17(16(8-14)11-19)20-18(21)23-12-13-5-3-2-4-6-13/h2-6,14-17H,7-12H2,1H3,(H,20,21). The fourth-order valence-electron chi connectivity index (χ4n) is 5.34. The van der Waals surface area contributed by atoms with E-state index in [1.165, 1.54) is 19.3 Å². The summed E-state index contributed by atoms with van der Waals surface area (Å²) < 4.78 is 11.3. The van der Waals surface area contributed by atoms with Gasteiger partial charge in [-0.15, -0.1) is 0 Å². The molecule has 2 unspecified atom stereocenters. The van der Waals surface area contributed by atoms with Gasteiger partial charge in [0.1, 0.15) is 6.61 Å². The van der Waals surface area contributed by atoms with Crippen molar-refractivity contribution >= 4 is 6.09 Å². The molecule has 4 heteroatoms. The minimum absolute atomic E-state index is 0.0859. The van der Waals surface area contributed by atoms with Crippen LogP contribution < -0.4 is 5.32 Å². The maximum atomic E-state index is 12.2. The molecule has 0 aliphatic heterocycles. The van der Waals surface area contributed by atoms with Crippen molar-refractivity contribution < 1.29 is 14.3 Å². The van der Waals surface area contributed by atoms with Gasteiger partial charge in [-0.1, -0.05) is 30.3 Å². The van der Waals surface area contributed by atoms with Crippen molar-refractivity contribution in [3.05, 3.63) is 35.9 Å². The predicted octanol–water partition coefficient (Wildman–Crippen LogP) is 3.51. The summed E-state index contributed by atoms with van der Waals surface area (Å²) >= 11 is 0. The van der Waals surface area contributed by atoms with E-state index in [2.05, 4.69) is 5.32 Å². The second-order valence-corrected chi connectivity index (χ2v) is 7.59. The summed E-state index contributed by atoms with van der Waals surface area (Å²) in [5.41, 5.74) is 1.11. The molecule has 0 saturated heterocycles. The van der Waals surface area contributed by atoms with Crippen LogP contribution in [0.4, 0.5) is 4.79 Å². The first-order valence-electron chi connectivity index (χ1n) is 8.70. The zero-order valence-corrected chi connectivity index (χ0v) is 13.7. The predicted molar refractivity (Wildman–Crippen MR) is 86.8 cm³/mol. The van der Waals surface area contributed by atoms with Gasteiger partial charge in [-0.05, 0) is 55.4 Å². The van der Waals surface area contributed by atoms with E-state index in [0.29, 0.717) is 18.4 Å². The van der Waals surface area contributed by atoms with Gasteiger partial charge in [0.05, 0.1) is 5.60 Å². The summed E-state index contributed by atoms with van der Waals surface area (Å²) in [6.07, 6.45) is 5.55. The molecule has 1 aromatic carbocycles. The van der Waals surface area contributed by atoms with Crippen LogP contribution in [0.15, 0.2) is 30.3 Å². The molecule has 124 valence electrons. The lowest BCUT2D eigenvalue weighted by Crippen LogP contribution is -2.62. The average Bonchev–Trinajstić information content (AvgIpc) is 2.57. The maximum absolute atomic E-state index is 12.2. The highest BCUT2D eigenvalue weighted by Crippen LogP contribution is 2.56. The molecular weight excluding hydrogens is 290 g/mol. The van der Waals surface area contributed by atoms with Crippen LogP contribution in [0, 0.1) is 17.8 Å². The summed E-state index contributed by atoms with van der Waals surface area (Å²) in [5.74, 6) is 1.88. The van der Waals surface area contributed by atoms with E-state index < -0.39 is 0 Å². The number of ether oxygens (including phenoxy) is 2. The van der Waals surface area contributed by atoms with Gasteiger partial charge in [-0.3, -0.25) is 0 Å². The third kappa shape index (κ3) is 2.85. The molecule has 0 spiro atoms. The largest absolute Gasteiger partial charge is 0.445 e. The van der Waals surface area contributed by atoms with Crippen LogP contribution in [0.25, 0.3) is 0 Å². The molecule has 0 aromatic heterocycles. The molecule has 1 aromatic rings. The second kappa shape index (κ2) is 5.82. The molecule has 4 fully saturated rings. The van der Waals surface area contributed by atoms with Gasteiger partial charge in [-0.25, -0.2) is 4.79 Å². The lowest BCUT2D eigenvalue weighted by molar-refractivity contribution is -0.156. The minimum Gasteiger partial charge on any atom is -0.445 e. The Morgan fingerprint density at radius 2 is 1.87 bits per heavy atom. The number of methoxy groups -OCH3 is 1. The summed E-state index contributed by atoms with van der Waals surface area (Å²) in [6, 6.07) is 10.1. The fraction of sp³-hybridized carbons (Fsp3) is 0.632. The van der Waals surface area contributed by atoms with Gasteiger partial charge < -0.3 is 14.8 Å². The highest BCUT2D eigenvalue weighted by Gasteiger charge is 2.56. The molecule has 0 heterocycles. The first-order valence-corrected chi connectivity index (χ1v) is 8.70. The molecule has 5 rings (SSSR count). The van der Waals surface area contributed by atoms with E-state index >= 15 is 0 Å². The van der Waals surface area contributed by atoms with E-state index in [1.807, 2.05) is 37.4 Å². The van der Waals surface area contributed by atoms with Crippen molar-refractivity contribution in [1.82, 2.24) is 5.32 Å². The minimum atomic E-state index is -0.280. The topological polar surface area (TPSA) is 47.6 Å². The van der Waals surface area contributed by atoms with Crippen molar-refractivity contribution in [2.45, 2.75) is 50.4 Å². The Bertz CT molecular complexity index is 557. The number of benzene rings is 1. The molecule has 0 radical (unpaired) electrons. The van der Waals surface area contributed by atoms with Crippen LogP contribution >= 0.6 is 0 Å². The second-order valence-electron chi connectivity index (χ2n) is 7.59. The van der Waals surface area contributed by atoms with Gasteiger partial charge in [0.15, 0.2) is 0 Å². The number of nitrogens with one attached hydrogen (secondary N) is 1. The molecule has 4 bridgehead atoms. The normalized spacial score (nSPS) is 37.6. The van der Waals surface area contributed by atoms with Crippen molar-refractivity contribution in [3.63, 3.8) is 0 Å². The zero-order valence-electron chi connectivity index (χ0n) is 13.7.